The van der Waals surface area contributed by atoms with Crippen LogP contribution in [0.2, 0.25) is 0 Å². The molecule has 1 unspecified atom stereocenters. The van der Waals surface area contributed by atoms with Gasteiger partial charge in [0.15, 0.2) is 6.40 Å². The van der Waals surface area contributed by atoms with E-state index >= 15 is 0 Å². The van der Waals surface area contributed by atoms with Crippen LogP contribution in [0.3, 0.4) is 0 Å². The van der Waals surface area contributed by atoms with Crippen molar-refractivity contribution in [1.82, 2.24) is 9.80 Å². The predicted octanol–water partition coefficient (Wildman–Crippen LogP) is 2.68. The van der Waals surface area contributed by atoms with Gasteiger partial charge in [-0.1, -0.05) is 18.2 Å². The first-order chi connectivity index (χ1) is 14.2. The van der Waals surface area contributed by atoms with Crippen LogP contribution < -0.4 is 4.74 Å². The number of hydrogen-bond donors (Lipinski definition) is 1. The highest BCUT2D eigenvalue weighted by atomic mass is 16.5. The average Bonchev–Trinajstić information content (AvgIpc) is 3.12. The zero-order valence-electron chi connectivity index (χ0n) is 16.0. The maximum atomic E-state index is 11.6. The Hall–Kier alpha value is -3.48. The third-order valence-corrected chi connectivity index (χ3v) is 4.99. The van der Waals surface area contributed by atoms with E-state index in [2.05, 4.69) is 22.2 Å². The van der Waals surface area contributed by atoms with Crippen LogP contribution in [0.4, 0.5) is 0 Å². The molecule has 0 amide bonds. The van der Waals surface area contributed by atoms with Crippen molar-refractivity contribution in [3.8, 4) is 5.75 Å². The molecule has 0 spiro atoms. The first-order valence-electron chi connectivity index (χ1n) is 9.57. The van der Waals surface area contributed by atoms with Crippen LogP contribution in [0.5, 0.6) is 5.75 Å². The monoisotopic (exact) mass is 393 g/mol. The minimum atomic E-state index is -0.997. The van der Waals surface area contributed by atoms with Crippen molar-refractivity contribution in [1.29, 1.82) is 0 Å². The predicted molar refractivity (Wildman–Crippen MR) is 109 cm³/mol. The van der Waals surface area contributed by atoms with Crippen molar-refractivity contribution >= 4 is 12.4 Å². The Kier molecular flexibility index (Phi) is 5.65. The number of aliphatic imine (C=N–C) groups is 1. The smallest absolute Gasteiger partial charge is 0.352 e. The molecule has 0 saturated heterocycles. The summed E-state index contributed by atoms with van der Waals surface area (Å²) in [4.78, 5) is 19.5. The van der Waals surface area contributed by atoms with Gasteiger partial charge in [-0.15, -0.1) is 0 Å². The maximum Gasteiger partial charge on any atom is 0.352 e. The summed E-state index contributed by atoms with van der Waals surface area (Å²) >= 11 is 0. The summed E-state index contributed by atoms with van der Waals surface area (Å²) in [5.74, 6) is -0.191. The average molecular weight is 393 g/mol. The van der Waals surface area contributed by atoms with Gasteiger partial charge in [-0.25, -0.2) is 9.79 Å². The zero-order valence-corrected chi connectivity index (χ0v) is 16.0. The van der Waals surface area contributed by atoms with Gasteiger partial charge in [0.2, 0.25) is 0 Å². The molecule has 4 bridgehead atoms. The van der Waals surface area contributed by atoms with Gasteiger partial charge in [0, 0.05) is 31.1 Å². The van der Waals surface area contributed by atoms with Crippen LogP contribution in [0, 0.1) is 0 Å². The van der Waals surface area contributed by atoms with E-state index in [1.54, 1.807) is 17.2 Å². The largest absolute Gasteiger partial charge is 0.484 e. The molecule has 0 radical (unpaired) electrons. The van der Waals surface area contributed by atoms with Crippen LogP contribution in [0.1, 0.15) is 11.1 Å². The van der Waals surface area contributed by atoms with E-state index in [1.807, 2.05) is 30.4 Å². The summed E-state index contributed by atoms with van der Waals surface area (Å²) in [6, 6.07) is 6.09. The van der Waals surface area contributed by atoms with E-state index in [9.17, 15) is 9.90 Å². The van der Waals surface area contributed by atoms with E-state index in [4.69, 9.17) is 9.47 Å². The Morgan fingerprint density at radius 1 is 1.24 bits per heavy atom. The molecule has 0 saturated carbocycles. The lowest BCUT2D eigenvalue weighted by atomic mass is 9.99. The Morgan fingerprint density at radius 3 is 3.07 bits per heavy atom. The van der Waals surface area contributed by atoms with E-state index < -0.39 is 5.97 Å². The molecule has 29 heavy (non-hydrogen) atoms. The molecule has 1 N–H and O–H groups in total. The molecular weight excluding hydrogens is 370 g/mol. The summed E-state index contributed by atoms with van der Waals surface area (Å²) in [7, 11) is 0. The molecule has 0 fully saturated rings. The molecule has 3 aliphatic rings. The Bertz CT molecular complexity index is 917. The Labute approximate surface area is 169 Å². The van der Waals surface area contributed by atoms with Gasteiger partial charge in [0.1, 0.15) is 24.2 Å². The highest BCUT2D eigenvalue weighted by Gasteiger charge is 2.29. The number of carboxylic acids is 1. The Morgan fingerprint density at radius 2 is 2.17 bits per heavy atom. The molecule has 0 aliphatic carbocycles. The lowest BCUT2D eigenvalue weighted by molar-refractivity contribution is -0.133. The van der Waals surface area contributed by atoms with Crippen LogP contribution in [0.15, 0.2) is 71.8 Å². The quantitative estimate of drug-likeness (QED) is 0.791. The number of hydrogen-bond acceptors (Lipinski definition) is 6. The highest BCUT2D eigenvalue weighted by molar-refractivity contribution is 5.86. The van der Waals surface area contributed by atoms with Crippen molar-refractivity contribution in [2.24, 2.45) is 4.99 Å². The van der Waals surface area contributed by atoms with Gasteiger partial charge in [-0.05, 0) is 42.5 Å². The summed E-state index contributed by atoms with van der Waals surface area (Å²) in [6.07, 6.45) is 14.6. The zero-order chi connectivity index (χ0) is 20.1. The molecule has 3 aliphatic heterocycles. The number of ether oxygens (including phenoxy) is 2. The highest BCUT2D eigenvalue weighted by Crippen LogP contribution is 2.30. The molecule has 1 atom stereocenters. The number of rotatable bonds is 1. The molecule has 3 heterocycles. The summed E-state index contributed by atoms with van der Waals surface area (Å²) in [5.41, 5.74) is 2.61. The van der Waals surface area contributed by atoms with Crippen molar-refractivity contribution in [2.75, 3.05) is 19.7 Å². The van der Waals surface area contributed by atoms with Gasteiger partial charge in [0.05, 0.1) is 6.54 Å². The molecule has 4 rings (SSSR count). The number of fused-ring (bicyclic) bond motifs is 3. The fourth-order valence-electron chi connectivity index (χ4n) is 3.60. The van der Waals surface area contributed by atoms with Crippen molar-refractivity contribution < 1.29 is 19.4 Å². The lowest BCUT2D eigenvalue weighted by Gasteiger charge is -2.29. The molecule has 1 aromatic carbocycles. The SMILES string of the molecule is O=C(O)C1=CC2CN1C=CN=COCC=CC=CN1CCc3cccc(c3C1)O2. The number of benzene rings is 1. The van der Waals surface area contributed by atoms with Gasteiger partial charge in [-0.3, -0.25) is 0 Å². The number of carbonyl (C=O) groups is 1. The van der Waals surface area contributed by atoms with Crippen molar-refractivity contribution in [3.05, 3.63) is 77.9 Å². The van der Waals surface area contributed by atoms with Crippen molar-refractivity contribution in [3.63, 3.8) is 0 Å². The number of nitrogens with zero attached hydrogens (tertiary/aromatic N) is 3. The summed E-state index contributed by atoms with van der Waals surface area (Å²) < 4.78 is 11.5. The molecule has 7 nitrogen and oxygen atoms in total. The van der Waals surface area contributed by atoms with E-state index in [1.165, 1.54) is 18.2 Å². The summed E-state index contributed by atoms with van der Waals surface area (Å²) in [5, 5.41) is 9.52. The second kappa shape index (κ2) is 8.68. The second-order valence-electron chi connectivity index (χ2n) is 6.94. The van der Waals surface area contributed by atoms with E-state index in [0.29, 0.717) is 13.2 Å². The molecule has 1 aromatic rings. The third-order valence-electron chi connectivity index (χ3n) is 4.99. The van der Waals surface area contributed by atoms with Crippen LogP contribution in [0.25, 0.3) is 0 Å². The van der Waals surface area contributed by atoms with Crippen LogP contribution in [-0.4, -0.2) is 53.1 Å². The fraction of sp³-hybridized carbons (Fsp3) is 0.273. The maximum absolute atomic E-state index is 11.6. The Balaban J connectivity index is 1.64. The van der Waals surface area contributed by atoms with Crippen molar-refractivity contribution in [2.45, 2.75) is 19.1 Å². The number of carboxylic acid groups (broad SMARTS) is 1. The van der Waals surface area contributed by atoms with Crippen LogP contribution in [-0.2, 0) is 22.5 Å². The van der Waals surface area contributed by atoms with E-state index in [-0.39, 0.29) is 11.8 Å². The standard InChI is InChI=1S/C22H23N3O4/c26-22(27)20-13-18-14-25(20)11-8-23-16-28-12-3-1-2-9-24-10-7-17-5-4-6-21(29-18)19(17)15-24/h1-6,8-9,11,13,16,18H,7,10,12,14-15H2,(H,26,27). The topological polar surface area (TPSA) is 74.6 Å². The van der Waals surface area contributed by atoms with Crippen LogP contribution >= 0.6 is 0 Å². The number of allylic oxidation sites excluding steroid dienone is 2. The van der Waals surface area contributed by atoms with Gasteiger partial charge < -0.3 is 24.4 Å². The minimum Gasteiger partial charge on any atom is -0.484 e. The van der Waals surface area contributed by atoms with Gasteiger partial charge >= 0.3 is 5.97 Å². The first kappa shape index (κ1) is 18.9. The molecular formula is C22H23N3O4. The molecule has 0 aromatic heterocycles. The normalized spacial score (nSPS) is 21.1. The molecule has 150 valence electrons. The minimum absolute atomic E-state index is 0.178. The molecule has 7 heteroatoms. The second-order valence-corrected chi connectivity index (χ2v) is 6.94. The van der Waals surface area contributed by atoms with Gasteiger partial charge in [-0.2, -0.15) is 0 Å². The fourth-order valence-corrected chi connectivity index (χ4v) is 3.60. The number of aliphatic carboxylic acids is 1. The first-order valence-corrected chi connectivity index (χ1v) is 9.57. The lowest BCUT2D eigenvalue weighted by Crippen LogP contribution is -2.28. The third kappa shape index (κ3) is 4.51. The van der Waals surface area contributed by atoms with Gasteiger partial charge in [0.25, 0.3) is 0 Å². The van der Waals surface area contributed by atoms with E-state index in [0.717, 1.165) is 30.8 Å². The summed E-state index contributed by atoms with van der Waals surface area (Å²) in [6.45, 7) is 2.51.